The minimum absolute atomic E-state index is 0.0177. The van der Waals surface area contributed by atoms with E-state index in [0.717, 1.165) is 24.8 Å². The van der Waals surface area contributed by atoms with E-state index in [1.54, 1.807) is 0 Å². The maximum absolute atomic E-state index is 11.2. The van der Waals surface area contributed by atoms with Gasteiger partial charge in [-0.25, -0.2) is 0 Å². The van der Waals surface area contributed by atoms with Gasteiger partial charge in [0.1, 0.15) is 6.61 Å². The van der Waals surface area contributed by atoms with Gasteiger partial charge in [0.2, 0.25) is 0 Å². The lowest BCUT2D eigenvalue weighted by atomic mass is 9.65. The molecule has 1 saturated carbocycles. The molecule has 0 saturated heterocycles. The van der Waals surface area contributed by atoms with E-state index in [4.69, 9.17) is 9.47 Å². The average Bonchev–Trinajstić information content (AvgIpc) is 3.03. The van der Waals surface area contributed by atoms with E-state index < -0.39 is 17.4 Å². The second kappa shape index (κ2) is 9.25. The first kappa shape index (κ1) is 21.3. The fourth-order valence-corrected chi connectivity index (χ4v) is 4.08. The van der Waals surface area contributed by atoms with Gasteiger partial charge in [0.25, 0.3) is 0 Å². The van der Waals surface area contributed by atoms with Crippen molar-refractivity contribution < 1.29 is 19.1 Å². The molecule has 6 heteroatoms. The highest BCUT2D eigenvalue weighted by atomic mass is 16.5. The molecule has 2 aliphatic rings. The van der Waals surface area contributed by atoms with E-state index in [9.17, 15) is 20.1 Å². The van der Waals surface area contributed by atoms with Crippen LogP contribution in [0, 0.1) is 57.7 Å². The largest absolute Gasteiger partial charge is 0.461 e. The fraction of sp³-hybridized carbons (Fsp3) is 0.545. The monoisotopic (exact) mass is 380 g/mol. The molecule has 1 fully saturated rings. The van der Waals surface area contributed by atoms with Gasteiger partial charge in [-0.05, 0) is 42.2 Å². The molecular weight excluding hydrogens is 356 g/mol. The predicted molar refractivity (Wildman–Crippen MR) is 101 cm³/mol. The van der Waals surface area contributed by atoms with Crippen LogP contribution in [0.15, 0.2) is 23.8 Å². The summed E-state index contributed by atoms with van der Waals surface area (Å²) in [5.74, 6) is 5.10. The molecule has 2 bridgehead atoms. The Bertz CT molecular complexity index is 817. The fourth-order valence-electron chi connectivity index (χ4n) is 4.08. The highest BCUT2D eigenvalue weighted by molar-refractivity contribution is 5.66. The Morgan fingerprint density at radius 3 is 2.46 bits per heavy atom. The van der Waals surface area contributed by atoms with Crippen LogP contribution in [0.3, 0.4) is 0 Å². The summed E-state index contributed by atoms with van der Waals surface area (Å²) in [4.78, 5) is 22.0. The Morgan fingerprint density at radius 2 is 1.86 bits per heavy atom. The molecule has 2 unspecified atom stereocenters. The van der Waals surface area contributed by atoms with Crippen molar-refractivity contribution in [1.82, 2.24) is 0 Å². The molecule has 0 amide bonds. The summed E-state index contributed by atoms with van der Waals surface area (Å²) >= 11 is 0. The van der Waals surface area contributed by atoms with Crippen LogP contribution < -0.4 is 0 Å². The Hall–Kier alpha value is -3.04. The number of allylic oxidation sites excluding steroid dienone is 2. The normalized spacial score (nSPS) is 22.6. The van der Waals surface area contributed by atoms with Gasteiger partial charge < -0.3 is 9.47 Å². The lowest BCUT2D eigenvalue weighted by Gasteiger charge is -2.36. The summed E-state index contributed by atoms with van der Waals surface area (Å²) in [5.41, 5.74) is 0.0126. The number of esters is 2. The van der Waals surface area contributed by atoms with Gasteiger partial charge in [0.05, 0.1) is 12.1 Å². The number of nitriles is 2. The second-order valence-electron chi connectivity index (χ2n) is 7.31. The Balaban J connectivity index is 2.30. The zero-order chi connectivity index (χ0) is 20.7. The van der Waals surface area contributed by atoms with Crippen molar-refractivity contribution in [1.29, 1.82) is 10.5 Å². The van der Waals surface area contributed by atoms with E-state index in [1.165, 1.54) is 13.8 Å². The minimum atomic E-state index is -1.41. The van der Waals surface area contributed by atoms with Crippen LogP contribution in [-0.2, 0) is 19.1 Å². The molecule has 28 heavy (non-hydrogen) atoms. The summed E-state index contributed by atoms with van der Waals surface area (Å²) in [5, 5.41) is 19.8. The summed E-state index contributed by atoms with van der Waals surface area (Å²) < 4.78 is 9.89. The number of nitrogens with zero attached hydrogens (tertiary/aromatic N) is 2. The maximum atomic E-state index is 11.2. The van der Waals surface area contributed by atoms with Crippen LogP contribution in [0.25, 0.3) is 0 Å². The molecule has 0 spiro atoms. The van der Waals surface area contributed by atoms with Crippen LogP contribution >= 0.6 is 0 Å². The van der Waals surface area contributed by atoms with Crippen LogP contribution in [0.2, 0.25) is 0 Å². The van der Waals surface area contributed by atoms with Crippen molar-refractivity contribution in [2.75, 3.05) is 13.2 Å². The minimum Gasteiger partial charge on any atom is -0.461 e. The van der Waals surface area contributed by atoms with Crippen molar-refractivity contribution >= 4 is 11.9 Å². The van der Waals surface area contributed by atoms with E-state index in [-0.39, 0.29) is 31.5 Å². The van der Waals surface area contributed by atoms with E-state index >= 15 is 0 Å². The summed E-state index contributed by atoms with van der Waals surface area (Å²) in [6, 6.07) is 4.33. The van der Waals surface area contributed by atoms with Crippen LogP contribution in [0.5, 0.6) is 0 Å². The number of hydrogen-bond acceptors (Lipinski definition) is 6. The predicted octanol–water partition coefficient (Wildman–Crippen LogP) is 3.07. The van der Waals surface area contributed by atoms with E-state index in [2.05, 4.69) is 30.6 Å². The van der Waals surface area contributed by atoms with Gasteiger partial charge in [0.15, 0.2) is 12.0 Å². The van der Waals surface area contributed by atoms with Gasteiger partial charge in [-0.3, -0.25) is 9.59 Å². The Morgan fingerprint density at radius 1 is 1.18 bits per heavy atom. The third-order valence-corrected chi connectivity index (χ3v) is 5.34. The number of hydrogen-bond donors (Lipinski definition) is 0. The van der Waals surface area contributed by atoms with Crippen molar-refractivity contribution in [2.45, 2.75) is 39.5 Å². The Labute approximate surface area is 165 Å². The molecule has 146 valence electrons. The molecule has 3 atom stereocenters. The average molecular weight is 380 g/mol. The molecule has 2 aliphatic carbocycles. The van der Waals surface area contributed by atoms with E-state index in [0.29, 0.717) is 11.5 Å². The van der Waals surface area contributed by atoms with Crippen molar-refractivity contribution in [3.63, 3.8) is 0 Å². The topological polar surface area (TPSA) is 100 Å². The third kappa shape index (κ3) is 4.81. The molecule has 0 radical (unpaired) electrons. The summed E-state index contributed by atoms with van der Waals surface area (Å²) in [6.07, 6.45) is 5.03. The van der Waals surface area contributed by atoms with Gasteiger partial charge in [-0.2, -0.15) is 10.5 Å². The maximum Gasteiger partial charge on any atom is 0.303 e. The molecular formula is C22H24N2O4. The zero-order valence-corrected chi connectivity index (χ0v) is 16.3. The SMILES string of the molecule is C=C(COC(C)=O)[C@@H]1C(C(C#N)(C#N)CC#CCOC(C)=O)=CC2CCC1C2. The van der Waals surface area contributed by atoms with Crippen LogP contribution in [0.4, 0.5) is 0 Å². The molecule has 6 nitrogen and oxygen atoms in total. The smallest absolute Gasteiger partial charge is 0.303 e. The standard InChI is InChI=1S/C22H24N2O4/c1-15(12-28-17(3)26)21-19-7-6-18(10-19)11-20(21)22(13-23,14-24)8-4-5-9-27-16(2)25/h11,18-19,21H,1,6-10,12H2,2-3H3/t18?,19?,21-/m0/s1. The Kier molecular flexibility index (Phi) is 7.02. The van der Waals surface area contributed by atoms with Crippen molar-refractivity contribution in [3.8, 4) is 24.0 Å². The van der Waals surface area contributed by atoms with Gasteiger partial charge in [-0.15, -0.1) is 0 Å². The molecule has 0 aromatic carbocycles. The first-order valence-corrected chi connectivity index (χ1v) is 9.27. The van der Waals surface area contributed by atoms with Gasteiger partial charge in [-0.1, -0.05) is 24.5 Å². The first-order valence-electron chi connectivity index (χ1n) is 9.27. The number of fused-ring (bicyclic) bond motifs is 2. The number of rotatable bonds is 6. The molecule has 0 aliphatic heterocycles. The summed E-state index contributed by atoms with van der Waals surface area (Å²) in [6.45, 7) is 6.72. The van der Waals surface area contributed by atoms with Crippen LogP contribution in [-0.4, -0.2) is 25.2 Å². The highest BCUT2D eigenvalue weighted by Crippen LogP contribution is 2.52. The molecule has 0 heterocycles. The van der Waals surface area contributed by atoms with Crippen molar-refractivity contribution in [2.24, 2.45) is 23.2 Å². The van der Waals surface area contributed by atoms with E-state index in [1.807, 2.05) is 6.08 Å². The van der Waals surface area contributed by atoms with Crippen LogP contribution in [0.1, 0.15) is 39.5 Å². The van der Waals surface area contributed by atoms with Crippen molar-refractivity contribution in [3.05, 3.63) is 23.8 Å². The number of ether oxygens (including phenoxy) is 2. The molecule has 0 aromatic heterocycles. The first-order chi connectivity index (χ1) is 13.3. The highest BCUT2D eigenvalue weighted by Gasteiger charge is 2.47. The van der Waals surface area contributed by atoms with Gasteiger partial charge >= 0.3 is 11.9 Å². The molecule has 2 rings (SSSR count). The third-order valence-electron chi connectivity index (χ3n) is 5.34. The lowest BCUT2D eigenvalue weighted by Crippen LogP contribution is -2.32. The number of carbonyl (C=O) groups is 2. The number of carbonyl (C=O) groups excluding carboxylic acids is 2. The zero-order valence-electron chi connectivity index (χ0n) is 16.3. The summed E-state index contributed by atoms with van der Waals surface area (Å²) in [7, 11) is 0. The molecule has 0 aromatic rings. The second-order valence-corrected chi connectivity index (χ2v) is 7.31. The lowest BCUT2D eigenvalue weighted by molar-refractivity contribution is -0.140. The van der Waals surface area contributed by atoms with Gasteiger partial charge in [0, 0.05) is 26.2 Å². The molecule has 0 N–H and O–H groups in total. The quantitative estimate of drug-likeness (QED) is 0.399.